The predicted octanol–water partition coefficient (Wildman–Crippen LogP) is 0.576. The van der Waals surface area contributed by atoms with Gasteiger partial charge >= 0.3 is 6.03 Å². The molecule has 0 aromatic carbocycles. The number of urea groups is 1. The molecule has 0 aromatic heterocycles. The smallest absolute Gasteiger partial charge is 0.314 e. The first-order valence-electron chi connectivity index (χ1n) is 4.92. The Kier molecular flexibility index (Phi) is 7.40. The fraction of sp³-hybridized carbons (Fsp3) is 0.364. The molecule has 5 heteroatoms. The Morgan fingerprint density at radius 2 is 1.25 bits per heavy atom. The fourth-order valence-corrected chi connectivity index (χ4v) is 0.865. The lowest BCUT2D eigenvalue weighted by atomic mass is 10.3. The molecule has 0 saturated carbocycles. The lowest BCUT2D eigenvalue weighted by Crippen LogP contribution is -2.37. The number of nitrogens with one attached hydrogen (secondary N) is 2. The Morgan fingerprint density at radius 3 is 1.56 bits per heavy atom. The summed E-state index contributed by atoms with van der Waals surface area (Å²) in [5, 5.41) is 4.97. The second-order valence-electron chi connectivity index (χ2n) is 3.02. The van der Waals surface area contributed by atoms with Crippen molar-refractivity contribution in [3.8, 4) is 0 Å². The third kappa shape index (κ3) is 7.49. The maximum absolute atomic E-state index is 11.1. The second kappa shape index (κ2) is 8.40. The minimum Gasteiger partial charge on any atom is -0.338 e. The van der Waals surface area contributed by atoms with E-state index in [0.717, 1.165) is 0 Å². The topological polar surface area (TPSA) is 75.3 Å². The van der Waals surface area contributed by atoms with Crippen molar-refractivity contribution in [2.75, 3.05) is 13.1 Å². The van der Waals surface area contributed by atoms with Gasteiger partial charge in [0, 0.05) is 25.9 Å². The van der Waals surface area contributed by atoms with Crippen LogP contribution in [0, 0.1) is 0 Å². The van der Waals surface area contributed by atoms with Gasteiger partial charge in [0.25, 0.3) is 0 Å². The molecule has 0 heterocycles. The van der Waals surface area contributed by atoms with Crippen molar-refractivity contribution >= 4 is 17.6 Å². The Balaban J connectivity index is 3.52. The number of carbonyl (C=O) groups excluding carboxylic acids is 3. The lowest BCUT2D eigenvalue weighted by molar-refractivity contribution is -0.115. The standard InChI is InChI=1S/C11H16N2O3/c1-3-9(14)5-7-12-11(16)13-8-6-10(15)4-2/h3-4H,1-2,5-8H2,(H2,12,13,16). The van der Waals surface area contributed by atoms with Crippen LogP contribution in [0.15, 0.2) is 25.3 Å². The number of hydrogen-bond donors (Lipinski definition) is 2. The summed E-state index contributed by atoms with van der Waals surface area (Å²) < 4.78 is 0. The fourth-order valence-electron chi connectivity index (χ4n) is 0.865. The maximum atomic E-state index is 11.1. The molecule has 0 aromatic rings. The summed E-state index contributed by atoms with van der Waals surface area (Å²) in [6.07, 6.45) is 2.87. The molecule has 2 N–H and O–H groups in total. The highest BCUT2D eigenvalue weighted by Gasteiger charge is 2.01. The second-order valence-corrected chi connectivity index (χ2v) is 3.02. The van der Waals surface area contributed by atoms with Gasteiger partial charge in [-0.15, -0.1) is 0 Å². The molecular weight excluding hydrogens is 208 g/mol. The monoisotopic (exact) mass is 224 g/mol. The van der Waals surface area contributed by atoms with Crippen LogP contribution in [0.5, 0.6) is 0 Å². The van der Waals surface area contributed by atoms with Crippen LogP contribution in [-0.2, 0) is 9.59 Å². The van der Waals surface area contributed by atoms with E-state index in [9.17, 15) is 14.4 Å². The van der Waals surface area contributed by atoms with Gasteiger partial charge in [0.05, 0.1) is 0 Å². The van der Waals surface area contributed by atoms with Crippen molar-refractivity contribution < 1.29 is 14.4 Å². The van der Waals surface area contributed by atoms with E-state index in [-0.39, 0.29) is 37.5 Å². The number of ketones is 2. The molecular formula is C11H16N2O3. The zero-order valence-electron chi connectivity index (χ0n) is 9.12. The minimum atomic E-state index is -0.395. The van der Waals surface area contributed by atoms with Gasteiger partial charge in [-0.25, -0.2) is 4.79 Å². The molecule has 0 saturated heterocycles. The van der Waals surface area contributed by atoms with Gasteiger partial charge in [-0.05, 0) is 12.2 Å². The van der Waals surface area contributed by atoms with Gasteiger partial charge in [-0.3, -0.25) is 9.59 Å². The van der Waals surface area contributed by atoms with E-state index in [2.05, 4.69) is 23.8 Å². The van der Waals surface area contributed by atoms with E-state index >= 15 is 0 Å². The van der Waals surface area contributed by atoms with Crippen molar-refractivity contribution in [1.82, 2.24) is 10.6 Å². The molecule has 0 aliphatic rings. The van der Waals surface area contributed by atoms with Crippen LogP contribution in [0.2, 0.25) is 0 Å². The highest BCUT2D eigenvalue weighted by molar-refractivity contribution is 5.90. The van der Waals surface area contributed by atoms with Crippen LogP contribution in [0.1, 0.15) is 12.8 Å². The summed E-state index contributed by atoms with van der Waals surface area (Å²) in [5.74, 6) is -0.246. The van der Waals surface area contributed by atoms with E-state index in [0.29, 0.717) is 0 Å². The average Bonchev–Trinajstić information content (AvgIpc) is 2.28. The van der Waals surface area contributed by atoms with E-state index in [1.54, 1.807) is 0 Å². The molecule has 88 valence electrons. The highest BCUT2D eigenvalue weighted by Crippen LogP contribution is 1.83. The molecule has 0 spiro atoms. The van der Waals surface area contributed by atoms with Gasteiger partial charge in [-0.2, -0.15) is 0 Å². The molecule has 0 rings (SSSR count). The molecule has 0 unspecified atom stereocenters. The average molecular weight is 224 g/mol. The SMILES string of the molecule is C=CC(=O)CCNC(=O)NCCC(=O)C=C. The number of rotatable bonds is 8. The maximum Gasteiger partial charge on any atom is 0.314 e. The summed E-state index contributed by atoms with van der Waals surface area (Å²) in [4.78, 5) is 32.7. The van der Waals surface area contributed by atoms with Crippen LogP contribution >= 0.6 is 0 Å². The van der Waals surface area contributed by atoms with E-state index < -0.39 is 6.03 Å². The molecule has 0 aliphatic heterocycles. The van der Waals surface area contributed by atoms with E-state index in [1.807, 2.05) is 0 Å². The molecule has 5 nitrogen and oxygen atoms in total. The first kappa shape index (κ1) is 14.1. The normalized spacial score (nSPS) is 9.00. The molecule has 2 amide bonds. The summed E-state index contributed by atoms with van der Waals surface area (Å²) in [7, 11) is 0. The van der Waals surface area contributed by atoms with Gasteiger partial charge in [-0.1, -0.05) is 13.2 Å². The molecule has 0 radical (unpaired) electrons. The van der Waals surface area contributed by atoms with Gasteiger partial charge < -0.3 is 10.6 Å². The first-order valence-corrected chi connectivity index (χ1v) is 4.92. The number of hydrogen-bond acceptors (Lipinski definition) is 3. The predicted molar refractivity (Wildman–Crippen MR) is 61.0 cm³/mol. The number of amides is 2. The van der Waals surface area contributed by atoms with Crippen molar-refractivity contribution in [3.05, 3.63) is 25.3 Å². The lowest BCUT2D eigenvalue weighted by Gasteiger charge is -2.05. The summed E-state index contributed by atoms with van der Waals surface area (Å²) in [6.45, 7) is 7.14. The van der Waals surface area contributed by atoms with E-state index in [4.69, 9.17) is 0 Å². The number of carbonyl (C=O) groups is 3. The van der Waals surface area contributed by atoms with Crippen LogP contribution < -0.4 is 10.6 Å². The van der Waals surface area contributed by atoms with Crippen molar-refractivity contribution in [3.63, 3.8) is 0 Å². The van der Waals surface area contributed by atoms with Crippen LogP contribution in [0.3, 0.4) is 0 Å². The van der Waals surface area contributed by atoms with Gasteiger partial charge in [0.1, 0.15) is 0 Å². The summed E-state index contributed by atoms with van der Waals surface area (Å²) in [5.41, 5.74) is 0. The molecule has 0 aliphatic carbocycles. The van der Waals surface area contributed by atoms with Crippen LogP contribution in [-0.4, -0.2) is 30.7 Å². The van der Waals surface area contributed by atoms with E-state index in [1.165, 1.54) is 12.2 Å². The summed E-state index contributed by atoms with van der Waals surface area (Å²) >= 11 is 0. The number of allylic oxidation sites excluding steroid dienone is 2. The third-order valence-corrected chi connectivity index (χ3v) is 1.77. The van der Waals surface area contributed by atoms with Gasteiger partial charge in [0.15, 0.2) is 11.6 Å². The quantitative estimate of drug-likeness (QED) is 0.592. The van der Waals surface area contributed by atoms with Gasteiger partial charge in [0.2, 0.25) is 0 Å². The Hall–Kier alpha value is -1.91. The summed E-state index contributed by atoms with van der Waals surface area (Å²) in [6, 6.07) is -0.395. The van der Waals surface area contributed by atoms with Crippen molar-refractivity contribution in [2.45, 2.75) is 12.8 Å². The molecule has 0 atom stereocenters. The Bertz CT molecular complexity index is 270. The van der Waals surface area contributed by atoms with Crippen LogP contribution in [0.4, 0.5) is 4.79 Å². The zero-order chi connectivity index (χ0) is 12.4. The van der Waals surface area contributed by atoms with Crippen molar-refractivity contribution in [2.24, 2.45) is 0 Å². The zero-order valence-corrected chi connectivity index (χ0v) is 9.12. The largest absolute Gasteiger partial charge is 0.338 e. The highest BCUT2D eigenvalue weighted by atomic mass is 16.2. The van der Waals surface area contributed by atoms with Crippen LogP contribution in [0.25, 0.3) is 0 Å². The molecule has 16 heavy (non-hydrogen) atoms. The molecule has 0 fully saturated rings. The Labute approximate surface area is 94.6 Å². The van der Waals surface area contributed by atoms with Crippen molar-refractivity contribution in [1.29, 1.82) is 0 Å². The minimum absolute atomic E-state index is 0.123. The Morgan fingerprint density at radius 1 is 0.875 bits per heavy atom. The molecule has 0 bridgehead atoms. The first-order chi connectivity index (χ1) is 7.60. The third-order valence-electron chi connectivity index (χ3n) is 1.77.